The Kier molecular flexibility index (Phi) is 15.4. The van der Waals surface area contributed by atoms with Crippen LogP contribution in [0.25, 0.3) is 27.3 Å². The molecule has 6 aromatic carbocycles. The molecule has 0 radical (unpaired) electrons. The minimum absolute atomic E-state index is 0. The third-order valence-corrected chi connectivity index (χ3v) is 8.97. The number of nitrogens with one attached hydrogen (secondary N) is 2. The van der Waals surface area contributed by atoms with Gasteiger partial charge in [0.25, 0.3) is 5.69 Å². The number of hydrogen-bond acceptors (Lipinski definition) is 12. The molecule has 0 aliphatic heterocycles. The summed E-state index contributed by atoms with van der Waals surface area (Å²) < 4.78 is 27.0. The van der Waals surface area contributed by atoms with E-state index >= 15 is 0 Å². The van der Waals surface area contributed by atoms with Gasteiger partial charge in [-0.05, 0) is 48.0 Å². The zero-order valence-electron chi connectivity index (χ0n) is 28.3. The van der Waals surface area contributed by atoms with Crippen LogP contribution in [0.2, 0.25) is 5.02 Å². The number of aliphatic hydroxyl groups is 1. The van der Waals surface area contributed by atoms with Crippen LogP contribution in [0.1, 0.15) is 6.92 Å². The molecule has 0 amide bonds. The Bertz CT molecular complexity index is 2490. The average molecular weight is 822 g/mol. The molecule has 6 aromatic rings. The third-order valence-electron chi connectivity index (χ3n) is 7.31. The van der Waals surface area contributed by atoms with Crippen molar-refractivity contribution in [1.82, 2.24) is 4.72 Å². The zero-order chi connectivity index (χ0) is 37.6. The summed E-state index contributed by atoms with van der Waals surface area (Å²) in [5.74, 6) is -1.44. The van der Waals surface area contributed by atoms with E-state index in [1.54, 1.807) is 12.1 Å². The van der Waals surface area contributed by atoms with Gasteiger partial charge in [0.1, 0.15) is 0 Å². The number of hydrogen-bond donors (Lipinski definition) is 2. The predicted molar refractivity (Wildman–Crippen MR) is 190 cm³/mol. The van der Waals surface area contributed by atoms with Crippen LogP contribution in [0.5, 0.6) is 17.2 Å². The topological polar surface area (TPSA) is 252 Å². The van der Waals surface area contributed by atoms with Crippen LogP contribution in [0.3, 0.4) is 0 Å². The van der Waals surface area contributed by atoms with Crippen molar-refractivity contribution in [3.8, 4) is 17.2 Å². The van der Waals surface area contributed by atoms with Gasteiger partial charge in [-0.1, -0.05) is 89.8 Å². The maximum Gasteiger partial charge on any atom is 3.00 e. The monoisotopic (exact) mass is 821 g/mol. The number of para-hydroxylation sites is 1. The number of rotatable bonds is 9. The SMILES string of the molecule is CC(O)CNS(=O)(=O)c1ccc2c(N=Nc3cccc([N+](=O)[O-])c3[O-])c([NH-])ccc2c1.[Co+3].[Na+].[O-]c1ccc(Cl)cc1N=Nc1c([O-])ccc2ccccc12. The van der Waals surface area contributed by atoms with Gasteiger partial charge >= 0.3 is 46.3 Å². The predicted octanol–water partition coefficient (Wildman–Crippen LogP) is 4.64. The van der Waals surface area contributed by atoms with Crippen molar-refractivity contribution in [1.29, 1.82) is 0 Å². The molecule has 54 heavy (non-hydrogen) atoms. The molecule has 0 fully saturated rings. The van der Waals surface area contributed by atoms with Crippen LogP contribution in [0.4, 0.5) is 34.1 Å². The fourth-order valence-corrected chi connectivity index (χ4v) is 6.05. The van der Waals surface area contributed by atoms with E-state index in [0.717, 1.165) is 11.5 Å². The van der Waals surface area contributed by atoms with E-state index in [1.165, 1.54) is 73.7 Å². The van der Waals surface area contributed by atoms with E-state index in [9.17, 15) is 39.0 Å². The molecule has 1 atom stereocenters. The van der Waals surface area contributed by atoms with Crippen molar-refractivity contribution in [3.05, 3.63) is 124 Å². The largest absolute Gasteiger partial charge is 3.00 e. The Labute approximate surface area is 345 Å². The van der Waals surface area contributed by atoms with Crippen molar-refractivity contribution < 1.29 is 80.1 Å². The second-order valence-corrected chi connectivity index (χ2v) is 13.3. The Morgan fingerprint density at radius 2 is 1.44 bits per heavy atom. The molecule has 272 valence electrons. The van der Waals surface area contributed by atoms with Gasteiger partial charge in [0.2, 0.25) is 10.0 Å². The molecule has 0 heterocycles. The van der Waals surface area contributed by atoms with E-state index < -0.39 is 32.5 Å². The van der Waals surface area contributed by atoms with Gasteiger partial charge in [0.15, 0.2) is 0 Å². The smallest absolute Gasteiger partial charge is 0.871 e. The van der Waals surface area contributed by atoms with Gasteiger partial charge in [-0.3, -0.25) is 10.1 Å². The first-order valence-electron chi connectivity index (χ1n) is 15.1. The Morgan fingerprint density at radius 1 is 0.796 bits per heavy atom. The fourth-order valence-electron chi connectivity index (χ4n) is 4.73. The number of sulfonamides is 1. The van der Waals surface area contributed by atoms with Crippen LogP contribution < -0.4 is 49.6 Å². The Morgan fingerprint density at radius 3 is 2.17 bits per heavy atom. The van der Waals surface area contributed by atoms with Gasteiger partial charge in [0.05, 0.1) is 38.7 Å². The molecule has 19 heteroatoms. The first kappa shape index (κ1) is 43.7. The summed E-state index contributed by atoms with van der Waals surface area (Å²) in [6.45, 7) is 1.30. The maximum atomic E-state index is 12.4. The molecule has 0 saturated carbocycles. The second kappa shape index (κ2) is 19.1. The second-order valence-electron chi connectivity index (χ2n) is 11.1. The normalized spacial score (nSPS) is 11.8. The molecular weight excluding hydrogens is 796 g/mol. The Balaban J connectivity index is 0.000000298. The zero-order valence-corrected chi connectivity index (χ0v) is 32.9. The number of nitrogens with zero attached hydrogens (tertiary/aromatic N) is 5. The van der Waals surface area contributed by atoms with E-state index in [-0.39, 0.29) is 97.7 Å². The number of azo groups is 2. The summed E-state index contributed by atoms with van der Waals surface area (Å²) in [7, 11) is -3.86. The molecule has 0 saturated heterocycles. The summed E-state index contributed by atoms with van der Waals surface area (Å²) in [4.78, 5) is 10.1. The quantitative estimate of drug-likeness (QED) is 0.0897. The first-order chi connectivity index (χ1) is 24.7. The average Bonchev–Trinajstić information content (AvgIpc) is 3.11. The van der Waals surface area contributed by atoms with Crippen LogP contribution in [0.15, 0.2) is 128 Å². The molecular formula is C35H26ClCoN7NaO8S. The fraction of sp³-hybridized carbons (Fsp3) is 0.0857. The molecule has 0 aromatic heterocycles. The van der Waals surface area contributed by atoms with Crippen LogP contribution in [-0.4, -0.2) is 31.1 Å². The van der Waals surface area contributed by atoms with E-state index in [1.807, 2.05) is 18.2 Å². The van der Waals surface area contributed by atoms with Gasteiger partial charge in [-0.25, -0.2) is 13.1 Å². The van der Waals surface area contributed by atoms with Crippen molar-refractivity contribution in [3.63, 3.8) is 0 Å². The maximum absolute atomic E-state index is 12.4. The summed E-state index contributed by atoms with van der Waals surface area (Å²) in [5, 5.41) is 74.3. The summed E-state index contributed by atoms with van der Waals surface area (Å²) in [6, 6.07) is 25.5. The van der Waals surface area contributed by atoms with Crippen molar-refractivity contribution >= 4 is 77.3 Å². The number of nitro groups is 1. The first-order valence-corrected chi connectivity index (χ1v) is 17.0. The summed E-state index contributed by atoms with van der Waals surface area (Å²) >= 11 is 5.82. The number of aliphatic hydroxyl groups excluding tert-OH is 1. The number of halogens is 1. The van der Waals surface area contributed by atoms with Crippen LogP contribution >= 0.6 is 11.6 Å². The Hall–Kier alpha value is -4.69. The summed E-state index contributed by atoms with van der Waals surface area (Å²) in [5.41, 5.74) is 7.54. The van der Waals surface area contributed by atoms with Gasteiger partial charge < -0.3 is 26.2 Å². The van der Waals surface area contributed by atoms with E-state index in [4.69, 9.17) is 17.3 Å². The van der Waals surface area contributed by atoms with Crippen LogP contribution in [-0.2, 0) is 26.8 Å². The number of nitro benzene ring substituents is 1. The van der Waals surface area contributed by atoms with Crippen molar-refractivity contribution in [2.45, 2.75) is 17.9 Å². The molecule has 0 aliphatic carbocycles. The minimum atomic E-state index is -3.86. The number of benzene rings is 6. The van der Waals surface area contributed by atoms with Crippen molar-refractivity contribution in [2.24, 2.45) is 20.5 Å². The molecule has 0 spiro atoms. The van der Waals surface area contributed by atoms with Gasteiger partial charge in [-0.15, -0.1) is 5.69 Å². The van der Waals surface area contributed by atoms with E-state index in [0.29, 0.717) is 21.2 Å². The summed E-state index contributed by atoms with van der Waals surface area (Å²) in [6.07, 6.45) is -0.854. The molecule has 0 aliphatic rings. The third kappa shape index (κ3) is 10.5. The van der Waals surface area contributed by atoms with E-state index in [2.05, 4.69) is 25.2 Å². The minimum Gasteiger partial charge on any atom is -0.871 e. The van der Waals surface area contributed by atoms with Crippen molar-refractivity contribution in [2.75, 3.05) is 6.54 Å². The molecule has 1 unspecified atom stereocenters. The molecule has 15 nitrogen and oxygen atoms in total. The molecule has 3 N–H and O–H groups in total. The number of fused-ring (bicyclic) bond motifs is 2. The van der Waals surface area contributed by atoms with Crippen LogP contribution in [0, 0.1) is 10.1 Å². The van der Waals surface area contributed by atoms with Gasteiger partial charge in [-0.2, -0.15) is 20.5 Å². The molecule has 6 rings (SSSR count). The molecule has 0 bridgehead atoms. The standard InChI is InChI=1S/C19H18N5O6S.C16H11ClN2O2.Co.Na/c1-11(25)10-21-31(29,30)13-6-7-14-12(9-13)5-8-15(20)18(14)23-22-16-3-2-4-17(19(16)26)24(27)28;17-11-6-8-14(20)13(9-11)18-19-16-12-4-2-1-3-10(12)5-7-15(16)21;;/h2-9,11,21,25H,10H2,1H3,(H2-,20,22,23,26);1-9,20-21H;;/q-1;;+3;+1/p-3. The van der Waals surface area contributed by atoms with Gasteiger partial charge in [0, 0.05) is 34.2 Å².